The molecule has 0 saturated carbocycles. The van der Waals surface area contributed by atoms with Crippen molar-refractivity contribution in [3.05, 3.63) is 95.6 Å². The molecule has 0 aliphatic rings. The van der Waals surface area contributed by atoms with Crippen LogP contribution in [0, 0.1) is 0 Å². The average molecular weight is 447 g/mol. The Kier molecular flexibility index (Phi) is 8.88. The zero-order valence-corrected chi connectivity index (χ0v) is 19.0. The number of benzene rings is 3. The summed E-state index contributed by atoms with van der Waals surface area (Å²) in [4.78, 5) is 24.4. The third kappa shape index (κ3) is 7.38. The predicted molar refractivity (Wildman–Crippen MR) is 128 cm³/mol. The van der Waals surface area contributed by atoms with Gasteiger partial charge in [0.1, 0.15) is 11.5 Å². The van der Waals surface area contributed by atoms with Crippen LogP contribution >= 0.6 is 0 Å². The lowest BCUT2D eigenvalue weighted by Crippen LogP contribution is -2.43. The first-order valence-electron chi connectivity index (χ1n) is 11.1. The van der Waals surface area contributed by atoms with E-state index in [1.165, 1.54) is 5.56 Å². The van der Waals surface area contributed by atoms with E-state index in [-0.39, 0.29) is 6.61 Å². The molecule has 0 bridgehead atoms. The van der Waals surface area contributed by atoms with Gasteiger partial charge in [-0.2, -0.15) is 0 Å². The summed E-state index contributed by atoms with van der Waals surface area (Å²) in [5, 5.41) is 0. The molecule has 0 radical (unpaired) electrons. The van der Waals surface area contributed by atoms with Crippen LogP contribution in [0.1, 0.15) is 47.7 Å². The van der Waals surface area contributed by atoms with Crippen LogP contribution in [0.4, 0.5) is 0 Å². The van der Waals surface area contributed by atoms with Gasteiger partial charge in [-0.3, -0.25) is 20.4 Å². The zero-order chi connectivity index (χ0) is 23.5. The molecule has 0 aromatic heterocycles. The Labute approximate surface area is 194 Å². The van der Waals surface area contributed by atoms with Crippen LogP contribution in [0.25, 0.3) is 0 Å². The fraction of sp³-hybridized carbons (Fsp3) is 0.259. The molecule has 0 aliphatic heterocycles. The molecule has 6 heteroatoms. The molecule has 6 nitrogen and oxygen atoms in total. The van der Waals surface area contributed by atoms with E-state index in [1.54, 1.807) is 24.3 Å². The molecule has 0 fully saturated rings. The fourth-order valence-electron chi connectivity index (χ4n) is 3.25. The van der Waals surface area contributed by atoms with Crippen LogP contribution in [-0.2, 0) is 11.2 Å². The maximum Gasteiger partial charge on any atom is 0.276 e. The maximum atomic E-state index is 12.3. The Balaban J connectivity index is 1.41. The number of carbonyl (C=O) groups excluding carboxylic acids is 2. The highest BCUT2D eigenvalue weighted by Gasteiger charge is 2.12. The lowest BCUT2D eigenvalue weighted by Gasteiger charge is -2.15. The zero-order valence-electron chi connectivity index (χ0n) is 19.0. The van der Waals surface area contributed by atoms with Crippen molar-refractivity contribution in [2.45, 2.75) is 32.6 Å². The van der Waals surface area contributed by atoms with Gasteiger partial charge in [-0.25, -0.2) is 0 Å². The summed E-state index contributed by atoms with van der Waals surface area (Å²) in [5.74, 6) is 0.827. The number of para-hydroxylation sites is 1. The first kappa shape index (κ1) is 23.9. The first-order chi connectivity index (χ1) is 16.1. The highest BCUT2D eigenvalue weighted by molar-refractivity contribution is 5.95. The Morgan fingerprint density at radius 1 is 0.848 bits per heavy atom. The van der Waals surface area contributed by atoms with E-state index in [1.807, 2.05) is 42.5 Å². The van der Waals surface area contributed by atoms with E-state index in [2.05, 4.69) is 36.8 Å². The van der Waals surface area contributed by atoms with Gasteiger partial charge in [0.15, 0.2) is 6.61 Å². The molecule has 2 N–H and O–H groups in total. The third-order valence-corrected chi connectivity index (χ3v) is 5.36. The van der Waals surface area contributed by atoms with Crippen LogP contribution in [0.15, 0.2) is 78.9 Å². The van der Waals surface area contributed by atoms with Crippen molar-refractivity contribution in [2.75, 3.05) is 13.2 Å². The summed E-state index contributed by atoms with van der Waals surface area (Å²) in [5.41, 5.74) is 7.47. The van der Waals surface area contributed by atoms with Crippen molar-refractivity contribution >= 4 is 11.8 Å². The smallest absolute Gasteiger partial charge is 0.276 e. The number of hydrogen-bond acceptors (Lipinski definition) is 4. The maximum absolute atomic E-state index is 12.3. The van der Waals surface area contributed by atoms with Crippen LogP contribution in [0.3, 0.4) is 0 Å². The highest BCUT2D eigenvalue weighted by atomic mass is 16.5. The van der Waals surface area contributed by atoms with Gasteiger partial charge in [0, 0.05) is 12.0 Å². The van der Waals surface area contributed by atoms with Crippen molar-refractivity contribution in [1.82, 2.24) is 10.9 Å². The summed E-state index contributed by atoms with van der Waals surface area (Å²) >= 11 is 0. The molecule has 3 rings (SSSR count). The molecule has 0 saturated heterocycles. The van der Waals surface area contributed by atoms with E-state index in [9.17, 15) is 9.59 Å². The van der Waals surface area contributed by atoms with Crippen molar-refractivity contribution in [3.8, 4) is 11.5 Å². The van der Waals surface area contributed by atoms with Crippen molar-refractivity contribution in [3.63, 3.8) is 0 Å². The molecule has 33 heavy (non-hydrogen) atoms. The minimum Gasteiger partial charge on any atom is -0.493 e. The molecular weight excluding hydrogens is 416 g/mol. The summed E-state index contributed by atoms with van der Waals surface area (Å²) < 4.78 is 11.4. The summed E-state index contributed by atoms with van der Waals surface area (Å²) in [7, 11) is 0. The van der Waals surface area contributed by atoms with Crippen LogP contribution in [0.5, 0.6) is 11.5 Å². The summed E-state index contributed by atoms with van der Waals surface area (Å²) in [6.07, 6.45) is 1.78. The lowest BCUT2D eigenvalue weighted by atomic mass is 9.98. The van der Waals surface area contributed by atoms with Gasteiger partial charge in [-0.05, 0) is 53.8 Å². The number of amides is 2. The highest BCUT2D eigenvalue weighted by Crippen LogP contribution is 2.28. The largest absolute Gasteiger partial charge is 0.493 e. The second-order valence-corrected chi connectivity index (χ2v) is 7.75. The topological polar surface area (TPSA) is 76.7 Å². The molecule has 1 atom stereocenters. The van der Waals surface area contributed by atoms with Crippen LogP contribution in [0.2, 0.25) is 0 Å². The van der Waals surface area contributed by atoms with Crippen LogP contribution in [-0.4, -0.2) is 25.0 Å². The Bertz CT molecular complexity index is 1040. The molecule has 3 aromatic carbocycles. The number of hydrogen-bond donors (Lipinski definition) is 2. The van der Waals surface area contributed by atoms with Crippen molar-refractivity contribution in [1.29, 1.82) is 0 Å². The molecule has 1 unspecified atom stereocenters. The van der Waals surface area contributed by atoms with Crippen molar-refractivity contribution < 1.29 is 19.1 Å². The van der Waals surface area contributed by atoms with Gasteiger partial charge in [0.2, 0.25) is 0 Å². The summed E-state index contributed by atoms with van der Waals surface area (Å²) in [6, 6.07) is 24.5. The van der Waals surface area contributed by atoms with Gasteiger partial charge in [0.05, 0.1) is 6.61 Å². The van der Waals surface area contributed by atoms with E-state index in [0.717, 1.165) is 18.4 Å². The number of carbonyl (C=O) groups is 2. The number of ether oxygens (including phenoxy) is 2. The average Bonchev–Trinajstić information content (AvgIpc) is 2.86. The second kappa shape index (κ2) is 12.3. The molecule has 0 heterocycles. The standard InChI is InChI=1S/C27H30N2O4/c1-3-20(2)24-11-7-8-12-25(24)33-19-26(30)28-29-27(31)22-13-15-23(16-14-22)32-18-17-21-9-5-4-6-10-21/h4-16,20H,3,17-19H2,1-2H3,(H,28,30)(H,29,31). The third-order valence-electron chi connectivity index (χ3n) is 5.36. The number of hydrazine groups is 1. The fourth-order valence-corrected chi connectivity index (χ4v) is 3.25. The molecule has 2 amide bonds. The summed E-state index contributed by atoms with van der Waals surface area (Å²) in [6.45, 7) is 4.57. The molecule has 0 spiro atoms. The predicted octanol–water partition coefficient (Wildman–Crippen LogP) is 4.66. The minimum absolute atomic E-state index is 0.193. The van der Waals surface area contributed by atoms with Gasteiger partial charge < -0.3 is 9.47 Å². The SMILES string of the molecule is CCC(C)c1ccccc1OCC(=O)NNC(=O)c1ccc(OCCc2ccccc2)cc1. The number of rotatable bonds is 10. The van der Waals surface area contributed by atoms with E-state index >= 15 is 0 Å². The van der Waals surface area contributed by atoms with Crippen molar-refractivity contribution in [2.24, 2.45) is 0 Å². The van der Waals surface area contributed by atoms with Gasteiger partial charge >= 0.3 is 0 Å². The minimum atomic E-state index is -0.442. The molecule has 172 valence electrons. The van der Waals surface area contributed by atoms with Gasteiger partial charge in [0.25, 0.3) is 11.8 Å². The molecular formula is C27H30N2O4. The first-order valence-corrected chi connectivity index (χ1v) is 11.1. The van der Waals surface area contributed by atoms with Gasteiger partial charge in [-0.1, -0.05) is 62.4 Å². The van der Waals surface area contributed by atoms with Crippen LogP contribution < -0.4 is 20.3 Å². The van der Waals surface area contributed by atoms with Gasteiger partial charge in [-0.15, -0.1) is 0 Å². The van der Waals surface area contributed by atoms with E-state index < -0.39 is 11.8 Å². The lowest BCUT2D eigenvalue weighted by molar-refractivity contribution is -0.123. The second-order valence-electron chi connectivity index (χ2n) is 7.75. The van der Waals surface area contributed by atoms with E-state index in [4.69, 9.17) is 9.47 Å². The molecule has 3 aromatic rings. The number of nitrogens with one attached hydrogen (secondary N) is 2. The molecule has 0 aliphatic carbocycles. The Morgan fingerprint density at radius 2 is 1.55 bits per heavy atom. The normalized spacial score (nSPS) is 11.3. The Morgan fingerprint density at radius 3 is 2.27 bits per heavy atom. The van der Waals surface area contributed by atoms with E-state index in [0.29, 0.717) is 29.6 Å². The quantitative estimate of drug-likeness (QED) is 0.444. The Hall–Kier alpha value is -3.80. The monoisotopic (exact) mass is 446 g/mol.